The molecule has 8 heteroatoms. The van der Waals surface area contributed by atoms with Crippen molar-refractivity contribution in [1.82, 2.24) is 10.2 Å². The van der Waals surface area contributed by atoms with Gasteiger partial charge < -0.3 is 19.7 Å². The highest BCUT2D eigenvalue weighted by atomic mass is 35.5. The molecular weight excluding hydrogens is 427 g/mol. The Bertz CT molecular complexity index is 856. The minimum Gasteiger partial charge on any atom is -0.493 e. The smallest absolute Gasteiger partial charge is 0.261 e. The summed E-state index contributed by atoms with van der Waals surface area (Å²) in [4.78, 5) is 27.2. The van der Waals surface area contributed by atoms with Crippen molar-refractivity contribution in [2.75, 3.05) is 20.3 Å². The van der Waals surface area contributed by atoms with E-state index in [0.29, 0.717) is 40.1 Å². The highest BCUT2D eigenvalue weighted by Gasteiger charge is 2.30. The van der Waals surface area contributed by atoms with Gasteiger partial charge in [0.1, 0.15) is 6.04 Å². The Kier molecular flexibility index (Phi) is 9.27. The van der Waals surface area contributed by atoms with Crippen LogP contribution in [0.4, 0.5) is 0 Å². The molecule has 0 saturated heterocycles. The van der Waals surface area contributed by atoms with Gasteiger partial charge in [0.25, 0.3) is 5.91 Å². The monoisotopic (exact) mass is 452 g/mol. The van der Waals surface area contributed by atoms with Gasteiger partial charge in [0.2, 0.25) is 5.91 Å². The van der Waals surface area contributed by atoms with Crippen molar-refractivity contribution in [2.24, 2.45) is 0 Å². The summed E-state index contributed by atoms with van der Waals surface area (Å²) >= 11 is 12.6. The lowest BCUT2D eigenvalue weighted by molar-refractivity contribution is -0.142. The first-order chi connectivity index (χ1) is 14.4. The van der Waals surface area contributed by atoms with Crippen LogP contribution in [0.1, 0.15) is 25.8 Å². The number of benzene rings is 2. The Morgan fingerprint density at radius 2 is 1.67 bits per heavy atom. The molecule has 1 N–H and O–H groups in total. The minimum atomic E-state index is -0.689. The van der Waals surface area contributed by atoms with Crippen LogP contribution in [0.3, 0.4) is 0 Å². The number of hydrogen-bond donors (Lipinski definition) is 1. The van der Waals surface area contributed by atoms with Crippen molar-refractivity contribution in [2.45, 2.75) is 32.9 Å². The van der Waals surface area contributed by atoms with Gasteiger partial charge in [-0.05, 0) is 37.6 Å². The molecule has 0 heterocycles. The van der Waals surface area contributed by atoms with E-state index in [0.717, 1.165) is 0 Å². The van der Waals surface area contributed by atoms with Gasteiger partial charge in [-0.2, -0.15) is 0 Å². The van der Waals surface area contributed by atoms with Crippen LogP contribution in [0.2, 0.25) is 10.0 Å². The molecule has 2 aromatic rings. The van der Waals surface area contributed by atoms with E-state index in [2.05, 4.69) is 5.32 Å². The normalized spacial score (nSPS) is 11.5. The van der Waals surface area contributed by atoms with Crippen LogP contribution in [-0.2, 0) is 16.1 Å². The first kappa shape index (κ1) is 23.8. The third-order valence-corrected chi connectivity index (χ3v) is 5.26. The number of carbonyl (C=O) groups excluding carboxylic acids is 2. The summed E-state index contributed by atoms with van der Waals surface area (Å²) in [5, 5.41) is 3.63. The molecular formula is C22H26Cl2N2O4. The van der Waals surface area contributed by atoms with Crippen molar-refractivity contribution < 1.29 is 19.1 Å². The molecule has 0 saturated carbocycles. The fourth-order valence-electron chi connectivity index (χ4n) is 3.03. The molecule has 0 radical (unpaired) electrons. The molecule has 1 atom stereocenters. The maximum absolute atomic E-state index is 13.1. The molecule has 2 rings (SSSR count). The van der Waals surface area contributed by atoms with Crippen LogP contribution in [0.5, 0.6) is 11.5 Å². The lowest BCUT2D eigenvalue weighted by Crippen LogP contribution is -2.50. The number of amides is 2. The van der Waals surface area contributed by atoms with E-state index in [1.165, 1.54) is 12.0 Å². The standard InChI is InChI=1S/C22H26Cl2N2O4/c1-4-18(22(28)25-5-2)26(13-15-16(23)9-8-10-17(15)24)21(27)14-30-20-12-7-6-11-19(20)29-3/h6-12,18H,4-5,13-14H2,1-3H3,(H,25,28)/t18-/m1/s1. The van der Waals surface area contributed by atoms with Crippen LogP contribution in [0.15, 0.2) is 42.5 Å². The van der Waals surface area contributed by atoms with Gasteiger partial charge in [-0.15, -0.1) is 0 Å². The molecule has 6 nitrogen and oxygen atoms in total. The number of halogens is 2. The van der Waals surface area contributed by atoms with E-state index in [1.54, 1.807) is 42.5 Å². The number of nitrogens with one attached hydrogen (secondary N) is 1. The molecule has 30 heavy (non-hydrogen) atoms. The van der Waals surface area contributed by atoms with E-state index < -0.39 is 6.04 Å². The molecule has 162 valence electrons. The van der Waals surface area contributed by atoms with E-state index in [1.807, 2.05) is 13.8 Å². The van der Waals surface area contributed by atoms with Crippen LogP contribution in [0, 0.1) is 0 Å². The summed E-state index contributed by atoms with van der Waals surface area (Å²) in [6, 6.07) is 11.5. The van der Waals surface area contributed by atoms with Crippen molar-refractivity contribution >= 4 is 35.0 Å². The first-order valence-electron chi connectivity index (χ1n) is 9.68. The molecule has 0 fully saturated rings. The van der Waals surface area contributed by atoms with E-state index in [9.17, 15) is 9.59 Å². The summed E-state index contributed by atoms with van der Waals surface area (Å²) in [7, 11) is 1.53. The number of ether oxygens (including phenoxy) is 2. The van der Waals surface area contributed by atoms with Crippen LogP contribution >= 0.6 is 23.2 Å². The molecule has 2 aromatic carbocycles. The second kappa shape index (κ2) is 11.7. The van der Waals surface area contributed by atoms with Crippen molar-refractivity contribution in [3.63, 3.8) is 0 Å². The second-order valence-electron chi connectivity index (χ2n) is 6.48. The van der Waals surface area contributed by atoms with Crippen molar-refractivity contribution in [3.8, 4) is 11.5 Å². The fourth-order valence-corrected chi connectivity index (χ4v) is 3.54. The topological polar surface area (TPSA) is 67.9 Å². The van der Waals surface area contributed by atoms with Gasteiger partial charge in [0.05, 0.1) is 7.11 Å². The number of methoxy groups -OCH3 is 1. The van der Waals surface area contributed by atoms with E-state index in [-0.39, 0.29) is 25.0 Å². The predicted molar refractivity (Wildman–Crippen MR) is 118 cm³/mol. The number of hydrogen-bond acceptors (Lipinski definition) is 4. The highest BCUT2D eigenvalue weighted by Crippen LogP contribution is 2.28. The zero-order valence-corrected chi connectivity index (χ0v) is 18.8. The third-order valence-electron chi connectivity index (χ3n) is 4.55. The number of nitrogens with zero attached hydrogens (tertiary/aromatic N) is 1. The summed E-state index contributed by atoms with van der Waals surface area (Å²) in [5.74, 6) is 0.348. The Labute approximate surface area is 187 Å². The zero-order chi connectivity index (χ0) is 22.1. The average Bonchev–Trinajstić information content (AvgIpc) is 2.74. The second-order valence-corrected chi connectivity index (χ2v) is 7.29. The Morgan fingerprint density at radius 1 is 1.03 bits per heavy atom. The molecule has 0 aliphatic rings. The quantitative estimate of drug-likeness (QED) is 0.582. The molecule has 0 unspecified atom stereocenters. The van der Waals surface area contributed by atoms with Gasteiger partial charge >= 0.3 is 0 Å². The lowest BCUT2D eigenvalue weighted by Gasteiger charge is -2.31. The summed E-state index contributed by atoms with van der Waals surface area (Å²) in [6.45, 7) is 3.95. The fraction of sp³-hybridized carbons (Fsp3) is 0.364. The minimum absolute atomic E-state index is 0.0856. The first-order valence-corrected chi connectivity index (χ1v) is 10.4. The summed E-state index contributed by atoms with van der Waals surface area (Å²) in [5.41, 5.74) is 0.578. The molecule has 0 spiro atoms. The van der Waals surface area contributed by atoms with Gasteiger partial charge in [-0.1, -0.05) is 48.3 Å². The largest absolute Gasteiger partial charge is 0.493 e. The summed E-state index contributed by atoms with van der Waals surface area (Å²) < 4.78 is 10.9. The number of carbonyl (C=O) groups is 2. The van der Waals surface area contributed by atoms with Crippen LogP contribution in [-0.4, -0.2) is 43.0 Å². The van der Waals surface area contributed by atoms with Gasteiger partial charge in [-0.25, -0.2) is 0 Å². The third kappa shape index (κ3) is 6.03. The van der Waals surface area contributed by atoms with Gasteiger partial charge in [0.15, 0.2) is 18.1 Å². The Hall–Kier alpha value is -2.44. The number of para-hydroxylation sites is 2. The van der Waals surface area contributed by atoms with Crippen LogP contribution < -0.4 is 14.8 Å². The molecule has 0 aliphatic heterocycles. The van der Waals surface area contributed by atoms with Crippen molar-refractivity contribution in [3.05, 3.63) is 58.1 Å². The predicted octanol–water partition coefficient (Wildman–Crippen LogP) is 4.32. The maximum Gasteiger partial charge on any atom is 0.261 e. The highest BCUT2D eigenvalue weighted by molar-refractivity contribution is 6.36. The number of rotatable bonds is 10. The summed E-state index contributed by atoms with van der Waals surface area (Å²) in [6.07, 6.45) is 0.425. The SMILES string of the molecule is CCNC(=O)[C@@H](CC)N(Cc1c(Cl)cccc1Cl)C(=O)COc1ccccc1OC. The number of likely N-dealkylation sites (N-methyl/N-ethyl adjacent to an activating group) is 1. The molecule has 0 aromatic heterocycles. The van der Waals surface area contributed by atoms with E-state index in [4.69, 9.17) is 32.7 Å². The Morgan fingerprint density at radius 3 is 2.23 bits per heavy atom. The zero-order valence-electron chi connectivity index (χ0n) is 17.3. The molecule has 2 amide bonds. The van der Waals surface area contributed by atoms with E-state index >= 15 is 0 Å². The van der Waals surface area contributed by atoms with Crippen LogP contribution in [0.25, 0.3) is 0 Å². The maximum atomic E-state index is 13.1. The molecule has 0 aliphatic carbocycles. The van der Waals surface area contributed by atoms with Crippen molar-refractivity contribution in [1.29, 1.82) is 0 Å². The van der Waals surface area contributed by atoms with Gasteiger partial charge in [0, 0.05) is 28.7 Å². The molecule has 0 bridgehead atoms. The Balaban J connectivity index is 2.29. The van der Waals surface area contributed by atoms with Gasteiger partial charge in [-0.3, -0.25) is 9.59 Å². The lowest BCUT2D eigenvalue weighted by atomic mass is 10.1. The average molecular weight is 453 g/mol.